The van der Waals surface area contributed by atoms with Crippen LogP contribution in [-0.2, 0) is 14.3 Å². The van der Waals surface area contributed by atoms with Gasteiger partial charge in [0.15, 0.2) is 0 Å². The van der Waals surface area contributed by atoms with Gasteiger partial charge < -0.3 is 19.6 Å². The summed E-state index contributed by atoms with van der Waals surface area (Å²) in [6.07, 6.45) is 1.91. The molecule has 1 N–H and O–H groups in total. The highest BCUT2D eigenvalue weighted by Gasteiger charge is 2.46. The highest BCUT2D eigenvalue weighted by molar-refractivity contribution is 5.89. The van der Waals surface area contributed by atoms with E-state index in [1.165, 1.54) is 0 Å². The Morgan fingerprint density at radius 1 is 1.50 bits per heavy atom. The van der Waals surface area contributed by atoms with Crippen LogP contribution in [0, 0.1) is 5.92 Å². The number of carbonyl (C=O) groups excluding carboxylic acids is 2. The minimum absolute atomic E-state index is 0.000884. The lowest BCUT2D eigenvalue weighted by Crippen LogP contribution is -2.64. The Morgan fingerprint density at radius 3 is 2.80 bits per heavy atom. The molecule has 0 spiro atoms. The molecule has 2 aliphatic rings. The fourth-order valence-electron chi connectivity index (χ4n) is 3.06. The highest BCUT2D eigenvalue weighted by atomic mass is 16.5. The SMILES string of the molecule is CCCC1(O)CN(C(=O)C2CC(=O)N(CCOC)C2)C1. The smallest absolute Gasteiger partial charge is 0.228 e. The maximum absolute atomic E-state index is 12.3. The van der Waals surface area contributed by atoms with Gasteiger partial charge in [-0.3, -0.25) is 9.59 Å². The second kappa shape index (κ2) is 6.10. The van der Waals surface area contributed by atoms with Crippen molar-refractivity contribution in [2.45, 2.75) is 31.8 Å². The zero-order valence-corrected chi connectivity index (χ0v) is 12.3. The monoisotopic (exact) mass is 284 g/mol. The van der Waals surface area contributed by atoms with Crippen molar-refractivity contribution in [1.29, 1.82) is 0 Å². The van der Waals surface area contributed by atoms with Crippen LogP contribution in [-0.4, -0.2) is 72.2 Å². The number of methoxy groups -OCH3 is 1. The zero-order chi connectivity index (χ0) is 14.8. The van der Waals surface area contributed by atoms with E-state index in [0.717, 1.165) is 12.8 Å². The van der Waals surface area contributed by atoms with Crippen LogP contribution in [0.3, 0.4) is 0 Å². The van der Waals surface area contributed by atoms with Gasteiger partial charge in [-0.25, -0.2) is 0 Å². The lowest BCUT2D eigenvalue weighted by atomic mass is 9.88. The van der Waals surface area contributed by atoms with Gasteiger partial charge in [0.1, 0.15) is 0 Å². The molecule has 114 valence electrons. The van der Waals surface area contributed by atoms with Crippen molar-refractivity contribution >= 4 is 11.8 Å². The molecule has 2 saturated heterocycles. The lowest BCUT2D eigenvalue weighted by Gasteiger charge is -2.47. The van der Waals surface area contributed by atoms with Gasteiger partial charge in [-0.1, -0.05) is 13.3 Å². The molecular formula is C14H24N2O4. The van der Waals surface area contributed by atoms with E-state index in [1.807, 2.05) is 6.92 Å². The number of carbonyl (C=O) groups is 2. The van der Waals surface area contributed by atoms with Crippen molar-refractivity contribution in [3.05, 3.63) is 0 Å². The molecule has 0 aromatic heterocycles. The van der Waals surface area contributed by atoms with E-state index in [4.69, 9.17) is 4.74 Å². The van der Waals surface area contributed by atoms with Crippen LogP contribution in [0.4, 0.5) is 0 Å². The Morgan fingerprint density at radius 2 is 2.20 bits per heavy atom. The summed E-state index contributed by atoms with van der Waals surface area (Å²) in [6.45, 7) is 4.34. The van der Waals surface area contributed by atoms with Crippen LogP contribution in [0.1, 0.15) is 26.2 Å². The number of β-amino-alcohol motifs (C(OH)–C–C–N with tert-alkyl or cyclic N) is 1. The first-order valence-corrected chi connectivity index (χ1v) is 7.27. The number of hydrogen-bond donors (Lipinski definition) is 1. The van der Waals surface area contributed by atoms with Gasteiger partial charge in [0, 0.05) is 26.6 Å². The number of amides is 2. The van der Waals surface area contributed by atoms with E-state index in [0.29, 0.717) is 32.8 Å². The van der Waals surface area contributed by atoms with Crippen LogP contribution in [0.5, 0.6) is 0 Å². The molecule has 2 amide bonds. The minimum atomic E-state index is -0.706. The number of hydrogen-bond acceptors (Lipinski definition) is 4. The normalized spacial score (nSPS) is 24.9. The molecule has 6 heteroatoms. The third-order valence-corrected chi connectivity index (χ3v) is 4.13. The Hall–Kier alpha value is -1.14. The molecule has 0 bridgehead atoms. The average molecular weight is 284 g/mol. The van der Waals surface area contributed by atoms with E-state index in [1.54, 1.807) is 16.9 Å². The van der Waals surface area contributed by atoms with Crippen LogP contribution in [0.25, 0.3) is 0 Å². The fourth-order valence-corrected chi connectivity index (χ4v) is 3.06. The summed E-state index contributed by atoms with van der Waals surface area (Å²) >= 11 is 0. The summed E-state index contributed by atoms with van der Waals surface area (Å²) in [7, 11) is 1.60. The largest absolute Gasteiger partial charge is 0.386 e. The summed E-state index contributed by atoms with van der Waals surface area (Å²) in [5, 5.41) is 10.1. The number of rotatable bonds is 6. The van der Waals surface area contributed by atoms with Gasteiger partial charge >= 0.3 is 0 Å². The molecule has 1 atom stereocenters. The summed E-state index contributed by atoms with van der Waals surface area (Å²) in [4.78, 5) is 27.5. The Kier molecular flexibility index (Phi) is 4.65. The number of aliphatic hydroxyl groups is 1. The van der Waals surface area contributed by atoms with E-state index in [2.05, 4.69) is 0 Å². The first-order chi connectivity index (χ1) is 9.49. The second-order valence-electron chi connectivity index (χ2n) is 5.90. The first-order valence-electron chi connectivity index (χ1n) is 7.27. The average Bonchev–Trinajstić information content (AvgIpc) is 2.74. The summed E-state index contributed by atoms with van der Waals surface area (Å²) in [6, 6.07) is 0. The maximum Gasteiger partial charge on any atom is 0.228 e. The molecule has 2 heterocycles. The van der Waals surface area contributed by atoms with Gasteiger partial charge in [-0.2, -0.15) is 0 Å². The molecular weight excluding hydrogens is 260 g/mol. The molecule has 6 nitrogen and oxygen atoms in total. The zero-order valence-electron chi connectivity index (χ0n) is 12.3. The molecule has 0 aliphatic carbocycles. The summed E-state index contributed by atoms with van der Waals surface area (Å²) in [5.41, 5.74) is -0.706. The van der Waals surface area contributed by atoms with Crippen LogP contribution < -0.4 is 0 Å². The maximum atomic E-state index is 12.3. The van der Waals surface area contributed by atoms with E-state index in [9.17, 15) is 14.7 Å². The third-order valence-electron chi connectivity index (χ3n) is 4.13. The molecule has 2 fully saturated rings. The number of nitrogens with zero attached hydrogens (tertiary/aromatic N) is 2. The van der Waals surface area contributed by atoms with Gasteiger partial charge in [0.2, 0.25) is 11.8 Å². The molecule has 0 radical (unpaired) electrons. The van der Waals surface area contributed by atoms with E-state index < -0.39 is 5.60 Å². The first kappa shape index (κ1) is 15.3. The highest BCUT2D eigenvalue weighted by Crippen LogP contribution is 2.29. The lowest BCUT2D eigenvalue weighted by molar-refractivity contribution is -0.160. The fraction of sp³-hybridized carbons (Fsp3) is 0.857. The van der Waals surface area contributed by atoms with Gasteiger partial charge in [0.25, 0.3) is 0 Å². The molecule has 0 aromatic carbocycles. The third kappa shape index (κ3) is 3.12. The van der Waals surface area contributed by atoms with E-state index in [-0.39, 0.29) is 24.2 Å². The van der Waals surface area contributed by atoms with Gasteiger partial charge in [-0.15, -0.1) is 0 Å². The molecule has 1 unspecified atom stereocenters. The summed E-state index contributed by atoms with van der Waals surface area (Å²) < 4.78 is 4.96. The van der Waals surface area contributed by atoms with Crippen molar-refractivity contribution in [3.8, 4) is 0 Å². The van der Waals surface area contributed by atoms with Crippen molar-refractivity contribution in [2.24, 2.45) is 5.92 Å². The predicted octanol–water partition coefficient (Wildman–Crippen LogP) is -0.145. The van der Waals surface area contributed by atoms with Gasteiger partial charge in [0.05, 0.1) is 31.2 Å². The van der Waals surface area contributed by atoms with Crippen LogP contribution >= 0.6 is 0 Å². The molecule has 2 rings (SSSR count). The van der Waals surface area contributed by atoms with Crippen LogP contribution in [0.2, 0.25) is 0 Å². The molecule has 0 saturated carbocycles. The standard InChI is InChI=1S/C14H24N2O4/c1-3-4-14(19)9-16(10-14)13(18)11-7-12(17)15(8-11)5-6-20-2/h11,19H,3-10H2,1-2H3. The molecule has 20 heavy (non-hydrogen) atoms. The quantitative estimate of drug-likeness (QED) is 0.737. The van der Waals surface area contributed by atoms with Crippen molar-refractivity contribution in [2.75, 3.05) is 39.9 Å². The topological polar surface area (TPSA) is 70.1 Å². The number of ether oxygens (including phenoxy) is 1. The minimum Gasteiger partial charge on any atom is -0.386 e. The Balaban J connectivity index is 1.82. The summed E-state index contributed by atoms with van der Waals surface area (Å²) in [5.74, 6) is -0.241. The van der Waals surface area contributed by atoms with Gasteiger partial charge in [-0.05, 0) is 6.42 Å². The number of likely N-dealkylation sites (tertiary alicyclic amines) is 2. The Labute approximate surface area is 119 Å². The Bertz CT molecular complexity index is 379. The molecule has 0 aromatic rings. The van der Waals surface area contributed by atoms with Crippen molar-refractivity contribution < 1.29 is 19.4 Å². The predicted molar refractivity (Wildman–Crippen MR) is 73.0 cm³/mol. The van der Waals surface area contributed by atoms with Crippen molar-refractivity contribution in [3.63, 3.8) is 0 Å². The van der Waals surface area contributed by atoms with Crippen LogP contribution in [0.15, 0.2) is 0 Å². The second-order valence-corrected chi connectivity index (χ2v) is 5.90. The molecule has 2 aliphatic heterocycles. The van der Waals surface area contributed by atoms with E-state index >= 15 is 0 Å². The van der Waals surface area contributed by atoms with Crippen molar-refractivity contribution in [1.82, 2.24) is 9.80 Å².